The van der Waals surface area contributed by atoms with Crippen LogP contribution < -0.4 is 15.4 Å². The lowest BCUT2D eigenvalue weighted by Crippen LogP contribution is -2.44. The van der Waals surface area contributed by atoms with E-state index < -0.39 is 10.8 Å². The van der Waals surface area contributed by atoms with Crippen molar-refractivity contribution < 1.29 is 13.3 Å². The Kier molecular flexibility index (Phi) is 12.0. The summed E-state index contributed by atoms with van der Waals surface area (Å²) in [6.07, 6.45) is 0.665. The molecule has 0 heterocycles. The van der Waals surface area contributed by atoms with Crippen molar-refractivity contribution in [2.24, 2.45) is 4.99 Å². The van der Waals surface area contributed by atoms with Crippen molar-refractivity contribution in [2.75, 3.05) is 25.9 Å². The Balaban J connectivity index is 0.00000625. The number of aliphatic imine (C=N–C) groups is 1. The van der Waals surface area contributed by atoms with Gasteiger partial charge in [-0.3, -0.25) is 9.20 Å². The molecule has 0 aliphatic carbocycles. The number of benzene rings is 1. The molecule has 8 heteroatoms. The summed E-state index contributed by atoms with van der Waals surface area (Å²) in [4.78, 5) is 4.15. The van der Waals surface area contributed by atoms with E-state index in [1.165, 1.54) is 12.1 Å². The van der Waals surface area contributed by atoms with Crippen LogP contribution in [0.3, 0.4) is 0 Å². The zero-order valence-electron chi connectivity index (χ0n) is 16.2. The van der Waals surface area contributed by atoms with Crippen molar-refractivity contribution in [3.63, 3.8) is 0 Å². The molecule has 1 rings (SSSR count). The van der Waals surface area contributed by atoms with Crippen molar-refractivity contribution >= 4 is 40.7 Å². The lowest BCUT2D eigenvalue weighted by atomic mass is 10.2. The first kappa shape index (κ1) is 25.1. The number of ether oxygens (including phenoxy) is 1. The van der Waals surface area contributed by atoms with Gasteiger partial charge in [0.25, 0.3) is 0 Å². The average molecular weight is 499 g/mol. The fourth-order valence-electron chi connectivity index (χ4n) is 2.00. The van der Waals surface area contributed by atoms with E-state index in [1.54, 1.807) is 19.2 Å². The third-order valence-corrected chi connectivity index (χ3v) is 5.48. The Labute approximate surface area is 176 Å². The van der Waals surface area contributed by atoms with E-state index in [0.29, 0.717) is 30.6 Å². The topological polar surface area (TPSA) is 62.7 Å². The SMILES string of the molecule is CCC(CNC(=NC)NCCS(=O)C(C)(C)C)Oc1cccc(F)c1.I. The van der Waals surface area contributed by atoms with Crippen LogP contribution in [0, 0.1) is 5.82 Å². The number of hydrogen-bond acceptors (Lipinski definition) is 3. The Hall–Kier alpha value is -0.900. The quantitative estimate of drug-likeness (QED) is 0.328. The van der Waals surface area contributed by atoms with Crippen LogP contribution >= 0.6 is 24.0 Å². The summed E-state index contributed by atoms with van der Waals surface area (Å²) in [6.45, 7) is 9.01. The smallest absolute Gasteiger partial charge is 0.191 e. The van der Waals surface area contributed by atoms with Crippen LogP contribution in [0.25, 0.3) is 0 Å². The molecule has 5 nitrogen and oxygen atoms in total. The Morgan fingerprint density at radius 1 is 1.35 bits per heavy atom. The Bertz CT molecular complexity index is 594. The molecule has 0 saturated heterocycles. The van der Waals surface area contributed by atoms with E-state index in [9.17, 15) is 8.60 Å². The molecular weight excluding hydrogens is 468 g/mol. The Morgan fingerprint density at radius 3 is 2.58 bits per heavy atom. The highest BCUT2D eigenvalue weighted by atomic mass is 127. The van der Waals surface area contributed by atoms with Gasteiger partial charge in [0.2, 0.25) is 0 Å². The summed E-state index contributed by atoms with van der Waals surface area (Å²) in [6, 6.07) is 6.12. The van der Waals surface area contributed by atoms with Crippen molar-refractivity contribution in [3.05, 3.63) is 30.1 Å². The molecule has 0 aliphatic heterocycles. The highest BCUT2D eigenvalue weighted by Gasteiger charge is 2.18. The molecule has 150 valence electrons. The van der Waals surface area contributed by atoms with Crippen molar-refractivity contribution in [1.82, 2.24) is 10.6 Å². The normalized spacial score (nSPS) is 14.2. The maximum absolute atomic E-state index is 13.2. The molecule has 1 aromatic rings. The minimum atomic E-state index is -0.904. The second-order valence-electron chi connectivity index (χ2n) is 6.65. The first-order valence-electron chi connectivity index (χ1n) is 8.51. The number of guanidine groups is 1. The van der Waals surface area contributed by atoms with Gasteiger partial charge in [-0.05, 0) is 39.3 Å². The zero-order chi connectivity index (χ0) is 18.9. The zero-order valence-corrected chi connectivity index (χ0v) is 19.3. The molecule has 0 radical (unpaired) electrons. The molecule has 2 atom stereocenters. The number of nitrogens with zero attached hydrogens (tertiary/aromatic N) is 1. The molecule has 0 spiro atoms. The Morgan fingerprint density at radius 2 is 2.04 bits per heavy atom. The second kappa shape index (κ2) is 12.5. The number of hydrogen-bond donors (Lipinski definition) is 2. The summed E-state index contributed by atoms with van der Waals surface area (Å²) in [7, 11) is 0.781. The van der Waals surface area contributed by atoms with E-state index in [1.807, 2.05) is 27.7 Å². The lowest BCUT2D eigenvalue weighted by Gasteiger charge is -2.21. The fraction of sp³-hybridized carbons (Fsp3) is 0.611. The largest absolute Gasteiger partial charge is 0.489 e. The fourth-order valence-corrected chi connectivity index (χ4v) is 2.90. The molecule has 0 aromatic heterocycles. The van der Waals surface area contributed by atoms with Crippen LogP contribution in [-0.2, 0) is 10.8 Å². The minimum absolute atomic E-state index is 0. The molecule has 0 fully saturated rings. The van der Waals surface area contributed by atoms with E-state index in [4.69, 9.17) is 4.74 Å². The summed E-state index contributed by atoms with van der Waals surface area (Å²) >= 11 is 0. The first-order chi connectivity index (χ1) is 11.8. The van der Waals surface area contributed by atoms with E-state index in [0.717, 1.165) is 6.42 Å². The van der Waals surface area contributed by atoms with E-state index >= 15 is 0 Å². The molecule has 0 bridgehead atoms. The third-order valence-electron chi connectivity index (χ3n) is 3.54. The third kappa shape index (κ3) is 9.70. The average Bonchev–Trinajstić information content (AvgIpc) is 2.55. The number of rotatable bonds is 8. The van der Waals surface area contributed by atoms with Crippen molar-refractivity contribution in [2.45, 2.75) is 45.0 Å². The van der Waals surface area contributed by atoms with Gasteiger partial charge in [0, 0.05) is 41.0 Å². The lowest BCUT2D eigenvalue weighted by molar-refractivity contribution is 0.199. The summed E-state index contributed by atoms with van der Waals surface area (Å²) in [5.41, 5.74) is 0. The van der Waals surface area contributed by atoms with Crippen LogP contribution in [0.2, 0.25) is 0 Å². The second-order valence-corrected chi connectivity index (χ2v) is 8.97. The highest BCUT2D eigenvalue weighted by Crippen LogP contribution is 2.14. The van der Waals surface area contributed by atoms with Crippen LogP contribution in [0.5, 0.6) is 5.75 Å². The predicted octanol–water partition coefficient (Wildman–Crippen LogP) is 3.31. The minimum Gasteiger partial charge on any atom is -0.489 e. The highest BCUT2D eigenvalue weighted by molar-refractivity contribution is 14.0. The van der Waals surface area contributed by atoms with Crippen LogP contribution in [-0.4, -0.2) is 46.9 Å². The summed E-state index contributed by atoms with van der Waals surface area (Å²) in [5, 5.41) is 6.34. The molecular formula is C18H31FIN3O2S. The number of nitrogens with one attached hydrogen (secondary N) is 2. The van der Waals surface area contributed by atoms with Gasteiger partial charge in [-0.2, -0.15) is 0 Å². The van der Waals surface area contributed by atoms with Gasteiger partial charge in [0.05, 0.1) is 6.54 Å². The van der Waals surface area contributed by atoms with Crippen LogP contribution in [0.15, 0.2) is 29.3 Å². The van der Waals surface area contributed by atoms with Crippen LogP contribution in [0.4, 0.5) is 4.39 Å². The van der Waals surface area contributed by atoms with Gasteiger partial charge < -0.3 is 15.4 Å². The maximum Gasteiger partial charge on any atom is 0.191 e. The van der Waals surface area contributed by atoms with Crippen molar-refractivity contribution in [1.29, 1.82) is 0 Å². The standard InChI is InChI=1S/C18H30FN3O2S.HI/c1-6-15(24-16-9-7-8-14(19)12-16)13-22-17(20-5)21-10-11-25(23)18(2,3)4;/h7-9,12,15H,6,10-11,13H2,1-5H3,(H2,20,21,22);1H. The molecule has 2 unspecified atom stereocenters. The van der Waals surface area contributed by atoms with Gasteiger partial charge >= 0.3 is 0 Å². The van der Waals surface area contributed by atoms with Gasteiger partial charge in [0.1, 0.15) is 17.7 Å². The van der Waals surface area contributed by atoms with Gasteiger partial charge in [-0.25, -0.2) is 4.39 Å². The van der Waals surface area contributed by atoms with Crippen molar-refractivity contribution in [3.8, 4) is 5.75 Å². The summed E-state index contributed by atoms with van der Waals surface area (Å²) < 4.78 is 30.8. The van der Waals surface area contributed by atoms with E-state index in [2.05, 4.69) is 15.6 Å². The predicted molar refractivity (Wildman–Crippen MR) is 119 cm³/mol. The van der Waals surface area contributed by atoms with E-state index in [-0.39, 0.29) is 40.6 Å². The first-order valence-corrected chi connectivity index (χ1v) is 9.83. The molecule has 0 aliphatic rings. The monoisotopic (exact) mass is 499 g/mol. The van der Waals surface area contributed by atoms with Crippen LogP contribution in [0.1, 0.15) is 34.1 Å². The number of halogens is 2. The molecule has 0 saturated carbocycles. The maximum atomic E-state index is 13.2. The van der Waals surface area contributed by atoms with Gasteiger partial charge in [0.15, 0.2) is 5.96 Å². The van der Waals surface area contributed by atoms with Gasteiger partial charge in [-0.15, -0.1) is 24.0 Å². The molecule has 1 aromatic carbocycles. The summed E-state index contributed by atoms with van der Waals surface area (Å²) in [5.74, 6) is 1.38. The molecule has 0 amide bonds. The molecule has 26 heavy (non-hydrogen) atoms. The van der Waals surface area contributed by atoms with Gasteiger partial charge in [-0.1, -0.05) is 13.0 Å². The molecule has 2 N–H and O–H groups in total.